The molecule has 2 aromatic heterocycles. The van der Waals surface area contributed by atoms with Gasteiger partial charge >= 0.3 is 5.69 Å². The number of benzene rings is 1. The number of ether oxygens (including phenoxy) is 2. The summed E-state index contributed by atoms with van der Waals surface area (Å²) in [6.45, 7) is 3.61. The largest absolute Gasteiger partial charge is 0.497 e. The average Bonchev–Trinajstić information content (AvgIpc) is 2.74. The van der Waals surface area contributed by atoms with Gasteiger partial charge in [0.1, 0.15) is 16.9 Å². The number of amides is 1. The summed E-state index contributed by atoms with van der Waals surface area (Å²) in [6.07, 6.45) is 1.58. The van der Waals surface area contributed by atoms with E-state index in [0.29, 0.717) is 22.7 Å². The quantitative estimate of drug-likeness (QED) is 0.662. The minimum absolute atomic E-state index is 0.0124. The molecule has 1 amide bonds. The Morgan fingerprint density at radius 1 is 1.10 bits per heavy atom. The zero-order valence-corrected chi connectivity index (χ0v) is 17.6. The molecule has 30 heavy (non-hydrogen) atoms. The van der Waals surface area contributed by atoms with Crippen LogP contribution in [0.3, 0.4) is 0 Å². The second-order valence-electron chi connectivity index (χ2n) is 7.16. The Morgan fingerprint density at radius 2 is 1.73 bits per heavy atom. The van der Waals surface area contributed by atoms with E-state index in [0.717, 1.165) is 4.57 Å². The summed E-state index contributed by atoms with van der Waals surface area (Å²) in [5.74, 6) is 0.740. The van der Waals surface area contributed by atoms with Gasteiger partial charge in [0.25, 0.3) is 11.5 Å². The molecule has 0 fully saturated rings. The number of methoxy groups -OCH3 is 1. The van der Waals surface area contributed by atoms with Crippen LogP contribution in [0.15, 0.2) is 40.1 Å². The second kappa shape index (κ2) is 8.40. The first-order valence-corrected chi connectivity index (χ1v) is 9.40. The summed E-state index contributed by atoms with van der Waals surface area (Å²) in [4.78, 5) is 42.0. The van der Waals surface area contributed by atoms with Crippen molar-refractivity contribution in [3.05, 3.63) is 56.9 Å². The third-order valence-electron chi connectivity index (χ3n) is 4.81. The molecule has 0 radical (unpaired) electrons. The molecule has 0 atom stereocenters. The number of nitrogens with zero attached hydrogens (tertiary/aromatic N) is 3. The van der Waals surface area contributed by atoms with Gasteiger partial charge < -0.3 is 14.8 Å². The van der Waals surface area contributed by atoms with Gasteiger partial charge in [0, 0.05) is 20.3 Å². The maximum absolute atomic E-state index is 12.8. The molecular weight excluding hydrogens is 388 g/mol. The molecule has 1 aromatic carbocycles. The molecule has 0 bridgehead atoms. The van der Waals surface area contributed by atoms with Crippen LogP contribution in [0.4, 0.5) is 5.69 Å². The van der Waals surface area contributed by atoms with Gasteiger partial charge in [-0.3, -0.25) is 18.7 Å². The number of nitrogens with one attached hydrogen (secondary N) is 1. The van der Waals surface area contributed by atoms with Crippen molar-refractivity contribution in [1.29, 1.82) is 0 Å². The van der Waals surface area contributed by atoms with Crippen molar-refractivity contribution in [2.24, 2.45) is 14.1 Å². The number of pyridine rings is 1. The number of fused-ring (bicyclic) bond motifs is 1. The summed E-state index contributed by atoms with van der Waals surface area (Å²) in [6, 6.07) is 6.84. The van der Waals surface area contributed by atoms with Gasteiger partial charge in [0.15, 0.2) is 12.3 Å². The number of aryl methyl sites for hydroxylation is 1. The van der Waals surface area contributed by atoms with Gasteiger partial charge in [0.05, 0.1) is 12.8 Å². The Kier molecular flexibility index (Phi) is 5.91. The Balaban J connectivity index is 1.97. The van der Waals surface area contributed by atoms with Gasteiger partial charge in [-0.2, -0.15) is 0 Å². The Hall–Kier alpha value is -3.62. The SMILES string of the molecule is COc1ccc(OCC(=O)Nc2c(C(C)C)cnc3c2c(=O)n(C)c(=O)n3C)cc1. The topological polar surface area (TPSA) is 104 Å². The summed E-state index contributed by atoms with van der Waals surface area (Å²) in [5, 5.41) is 2.97. The lowest BCUT2D eigenvalue weighted by molar-refractivity contribution is -0.118. The number of rotatable bonds is 6. The Morgan fingerprint density at radius 3 is 2.33 bits per heavy atom. The Labute approximate surface area is 172 Å². The highest BCUT2D eigenvalue weighted by atomic mass is 16.5. The number of hydrogen-bond donors (Lipinski definition) is 1. The highest BCUT2D eigenvalue weighted by molar-refractivity contribution is 6.01. The highest BCUT2D eigenvalue weighted by Crippen LogP contribution is 2.28. The summed E-state index contributed by atoms with van der Waals surface area (Å²) in [5.41, 5.74) is 0.233. The van der Waals surface area contributed by atoms with Crippen LogP contribution in [0, 0.1) is 0 Å². The van der Waals surface area contributed by atoms with Gasteiger partial charge in [-0.15, -0.1) is 0 Å². The molecule has 9 nitrogen and oxygen atoms in total. The molecule has 1 N–H and O–H groups in total. The van der Waals surface area contributed by atoms with E-state index in [-0.39, 0.29) is 23.6 Å². The van der Waals surface area contributed by atoms with Crippen molar-refractivity contribution in [2.45, 2.75) is 19.8 Å². The monoisotopic (exact) mass is 412 g/mol. The number of aromatic nitrogens is 3. The number of carbonyl (C=O) groups is 1. The van der Waals surface area contributed by atoms with Crippen LogP contribution in [-0.4, -0.2) is 33.7 Å². The van der Waals surface area contributed by atoms with Crippen LogP contribution in [0.2, 0.25) is 0 Å². The first kappa shape index (κ1) is 21.1. The fourth-order valence-electron chi connectivity index (χ4n) is 3.11. The predicted molar refractivity (Wildman–Crippen MR) is 113 cm³/mol. The first-order valence-electron chi connectivity index (χ1n) is 9.40. The van der Waals surface area contributed by atoms with E-state index in [1.165, 1.54) is 18.7 Å². The first-order chi connectivity index (χ1) is 14.2. The lowest BCUT2D eigenvalue weighted by atomic mass is 10.0. The van der Waals surface area contributed by atoms with Crippen molar-refractivity contribution in [3.63, 3.8) is 0 Å². The molecule has 0 aliphatic rings. The number of anilines is 1. The van der Waals surface area contributed by atoms with E-state index < -0.39 is 17.2 Å². The summed E-state index contributed by atoms with van der Waals surface area (Å²) in [7, 11) is 4.49. The smallest absolute Gasteiger partial charge is 0.332 e. The van der Waals surface area contributed by atoms with E-state index >= 15 is 0 Å². The summed E-state index contributed by atoms with van der Waals surface area (Å²) < 4.78 is 12.9. The van der Waals surface area contributed by atoms with E-state index in [1.807, 2.05) is 13.8 Å². The number of hydrogen-bond acceptors (Lipinski definition) is 6. The molecule has 0 aliphatic carbocycles. The minimum Gasteiger partial charge on any atom is -0.497 e. The van der Waals surface area contributed by atoms with E-state index in [4.69, 9.17) is 9.47 Å². The van der Waals surface area contributed by atoms with Crippen LogP contribution < -0.4 is 26.0 Å². The van der Waals surface area contributed by atoms with Gasteiger partial charge in [-0.25, -0.2) is 9.78 Å². The van der Waals surface area contributed by atoms with Crippen molar-refractivity contribution in [3.8, 4) is 11.5 Å². The predicted octanol–water partition coefficient (Wildman–Crippen LogP) is 1.78. The van der Waals surface area contributed by atoms with E-state index in [2.05, 4.69) is 10.3 Å². The van der Waals surface area contributed by atoms with Gasteiger partial charge in [-0.05, 0) is 35.7 Å². The maximum atomic E-state index is 12.8. The third-order valence-corrected chi connectivity index (χ3v) is 4.81. The normalized spacial score (nSPS) is 11.0. The highest BCUT2D eigenvalue weighted by Gasteiger charge is 2.20. The fourth-order valence-corrected chi connectivity index (χ4v) is 3.11. The second-order valence-corrected chi connectivity index (χ2v) is 7.16. The van der Waals surface area contributed by atoms with Crippen LogP contribution in [-0.2, 0) is 18.9 Å². The van der Waals surface area contributed by atoms with E-state index in [9.17, 15) is 14.4 Å². The van der Waals surface area contributed by atoms with E-state index in [1.54, 1.807) is 37.6 Å². The molecule has 2 heterocycles. The Bertz CT molecular complexity index is 1210. The van der Waals surface area contributed by atoms with Crippen LogP contribution in [0.25, 0.3) is 11.0 Å². The molecular formula is C21H24N4O5. The zero-order chi connectivity index (χ0) is 22.0. The molecule has 3 rings (SSSR count). The number of carbonyl (C=O) groups excluding carboxylic acids is 1. The van der Waals surface area contributed by atoms with Crippen LogP contribution >= 0.6 is 0 Å². The van der Waals surface area contributed by atoms with Crippen molar-refractivity contribution >= 4 is 22.6 Å². The van der Waals surface area contributed by atoms with Gasteiger partial charge in [0.2, 0.25) is 0 Å². The fraction of sp³-hybridized carbons (Fsp3) is 0.333. The van der Waals surface area contributed by atoms with Gasteiger partial charge in [-0.1, -0.05) is 13.8 Å². The average molecular weight is 412 g/mol. The molecule has 0 saturated heterocycles. The van der Waals surface area contributed by atoms with Crippen molar-refractivity contribution in [1.82, 2.24) is 14.1 Å². The molecule has 0 spiro atoms. The lowest BCUT2D eigenvalue weighted by Gasteiger charge is -2.17. The third kappa shape index (κ3) is 3.91. The van der Waals surface area contributed by atoms with Crippen LogP contribution in [0.1, 0.15) is 25.3 Å². The minimum atomic E-state index is -0.519. The summed E-state index contributed by atoms with van der Waals surface area (Å²) >= 11 is 0. The standard InChI is InChI=1S/C21H24N4O5/c1-12(2)15-10-22-19-17(20(27)25(4)21(28)24(19)3)18(15)23-16(26)11-30-14-8-6-13(29-5)7-9-14/h6-10,12H,11H2,1-5H3,(H,22,23,26). The molecule has 3 aromatic rings. The molecule has 0 unspecified atom stereocenters. The molecule has 0 aliphatic heterocycles. The molecule has 0 saturated carbocycles. The molecule has 9 heteroatoms. The maximum Gasteiger partial charge on any atom is 0.332 e. The lowest BCUT2D eigenvalue weighted by Crippen LogP contribution is -2.38. The zero-order valence-electron chi connectivity index (χ0n) is 17.6. The van der Waals surface area contributed by atoms with Crippen LogP contribution in [0.5, 0.6) is 11.5 Å². The molecule has 158 valence electrons. The van der Waals surface area contributed by atoms with Crippen molar-refractivity contribution < 1.29 is 14.3 Å². The van der Waals surface area contributed by atoms with Crippen molar-refractivity contribution in [2.75, 3.05) is 19.0 Å².